The number of rotatable bonds is 3. The van der Waals surface area contributed by atoms with Crippen LogP contribution in [-0.4, -0.2) is 15.9 Å². The van der Waals surface area contributed by atoms with Gasteiger partial charge in [-0.25, -0.2) is 9.97 Å². The smallest absolute Gasteiger partial charge is 0.252 e. The molecule has 2 rings (SSSR count). The fraction of sp³-hybridized carbons (Fsp3) is 0.308. The molecule has 6 heteroatoms. The van der Waals surface area contributed by atoms with Crippen molar-refractivity contribution in [3.63, 3.8) is 0 Å². The van der Waals surface area contributed by atoms with E-state index in [1.54, 1.807) is 33.0 Å². The molecule has 5 nitrogen and oxygen atoms in total. The molecule has 0 aliphatic heterocycles. The Morgan fingerprint density at radius 2 is 2.16 bits per heavy atom. The third kappa shape index (κ3) is 3.32. The number of aryl methyl sites for hydroxylation is 2. The summed E-state index contributed by atoms with van der Waals surface area (Å²) in [6.07, 6.45) is 1.62. The van der Waals surface area contributed by atoms with Gasteiger partial charge < -0.3 is 9.73 Å². The molecule has 1 N–H and O–H groups in total. The van der Waals surface area contributed by atoms with E-state index in [0.717, 1.165) is 0 Å². The minimum Gasteiger partial charge on any atom is -0.444 e. The minimum atomic E-state index is -0.312. The maximum atomic E-state index is 12.1. The Morgan fingerprint density at radius 1 is 1.42 bits per heavy atom. The number of carbonyl (C=O) groups excluding carboxylic acids is 1. The molecular formula is C13H14ClN3O2. The Hall–Kier alpha value is -1.88. The van der Waals surface area contributed by atoms with Crippen LogP contribution in [0, 0.1) is 13.8 Å². The summed E-state index contributed by atoms with van der Waals surface area (Å²) in [7, 11) is 0. The lowest BCUT2D eigenvalue weighted by Gasteiger charge is -2.10. The summed E-state index contributed by atoms with van der Waals surface area (Å²) in [5, 5.41) is 3.09. The van der Waals surface area contributed by atoms with Crippen LogP contribution in [0.1, 0.15) is 40.7 Å². The van der Waals surface area contributed by atoms with Gasteiger partial charge in [-0.05, 0) is 32.9 Å². The molecule has 0 aliphatic carbocycles. The van der Waals surface area contributed by atoms with E-state index in [1.807, 2.05) is 0 Å². The molecule has 19 heavy (non-hydrogen) atoms. The van der Waals surface area contributed by atoms with Gasteiger partial charge in [0.2, 0.25) is 5.89 Å². The maximum Gasteiger partial charge on any atom is 0.252 e. The second-order valence-corrected chi connectivity index (χ2v) is 4.71. The molecule has 0 saturated heterocycles. The van der Waals surface area contributed by atoms with Crippen molar-refractivity contribution >= 4 is 17.5 Å². The van der Waals surface area contributed by atoms with Crippen LogP contribution in [0.5, 0.6) is 0 Å². The van der Waals surface area contributed by atoms with Crippen molar-refractivity contribution in [1.82, 2.24) is 15.3 Å². The van der Waals surface area contributed by atoms with Gasteiger partial charge in [-0.15, -0.1) is 0 Å². The molecule has 1 unspecified atom stereocenters. The van der Waals surface area contributed by atoms with Gasteiger partial charge in [0.25, 0.3) is 5.91 Å². The largest absolute Gasteiger partial charge is 0.444 e. The SMILES string of the molecule is Cc1cc(C(=O)NC(C)c2ncc(C)o2)cc(Cl)n1. The third-order valence-corrected chi connectivity index (χ3v) is 2.74. The first-order valence-corrected chi connectivity index (χ1v) is 6.21. The molecule has 0 bridgehead atoms. The van der Waals surface area contributed by atoms with Crippen molar-refractivity contribution in [3.05, 3.63) is 46.4 Å². The number of aromatic nitrogens is 2. The fourth-order valence-electron chi connectivity index (χ4n) is 1.67. The molecule has 0 fully saturated rings. The van der Waals surface area contributed by atoms with E-state index in [-0.39, 0.29) is 11.9 Å². The van der Waals surface area contributed by atoms with E-state index >= 15 is 0 Å². The number of halogens is 1. The van der Waals surface area contributed by atoms with Gasteiger partial charge in [0, 0.05) is 11.3 Å². The number of pyridine rings is 1. The highest BCUT2D eigenvalue weighted by Crippen LogP contribution is 2.15. The van der Waals surface area contributed by atoms with E-state index in [0.29, 0.717) is 28.1 Å². The zero-order valence-corrected chi connectivity index (χ0v) is 11.7. The lowest BCUT2D eigenvalue weighted by molar-refractivity contribution is 0.0933. The van der Waals surface area contributed by atoms with Crippen molar-refractivity contribution in [3.8, 4) is 0 Å². The fourth-order valence-corrected chi connectivity index (χ4v) is 1.92. The summed E-state index contributed by atoms with van der Waals surface area (Å²) < 4.78 is 5.37. The first-order chi connectivity index (χ1) is 8.95. The molecule has 2 aromatic heterocycles. The van der Waals surface area contributed by atoms with Crippen LogP contribution in [-0.2, 0) is 0 Å². The number of hydrogen-bond donors (Lipinski definition) is 1. The molecular weight excluding hydrogens is 266 g/mol. The molecule has 0 aromatic carbocycles. The summed E-state index contributed by atoms with van der Waals surface area (Å²) in [6, 6.07) is 2.89. The summed E-state index contributed by atoms with van der Waals surface area (Å²) in [4.78, 5) is 20.2. The monoisotopic (exact) mass is 279 g/mol. The second-order valence-electron chi connectivity index (χ2n) is 4.32. The number of carbonyl (C=O) groups is 1. The number of nitrogens with zero attached hydrogens (tertiary/aromatic N) is 2. The van der Waals surface area contributed by atoms with Crippen LogP contribution in [0.25, 0.3) is 0 Å². The maximum absolute atomic E-state index is 12.1. The second kappa shape index (κ2) is 5.40. The highest BCUT2D eigenvalue weighted by atomic mass is 35.5. The van der Waals surface area contributed by atoms with Crippen molar-refractivity contribution in [2.75, 3.05) is 0 Å². The molecule has 0 aliphatic rings. The third-order valence-electron chi connectivity index (χ3n) is 2.54. The van der Waals surface area contributed by atoms with Crippen molar-refractivity contribution in [1.29, 1.82) is 0 Å². The zero-order chi connectivity index (χ0) is 14.0. The van der Waals surface area contributed by atoms with E-state index in [9.17, 15) is 4.79 Å². The quantitative estimate of drug-likeness (QED) is 0.877. The molecule has 1 amide bonds. The van der Waals surface area contributed by atoms with Crippen LogP contribution in [0.2, 0.25) is 5.15 Å². The predicted molar refractivity (Wildman–Crippen MR) is 71.1 cm³/mol. The Labute approximate surface area is 116 Å². The summed E-state index contributed by atoms with van der Waals surface area (Å²) in [6.45, 7) is 5.39. The van der Waals surface area contributed by atoms with Crippen LogP contribution >= 0.6 is 11.6 Å². The number of oxazole rings is 1. The van der Waals surface area contributed by atoms with Crippen molar-refractivity contribution in [2.24, 2.45) is 0 Å². The van der Waals surface area contributed by atoms with Crippen LogP contribution in [0.3, 0.4) is 0 Å². The van der Waals surface area contributed by atoms with Gasteiger partial charge in [0.05, 0.1) is 6.20 Å². The van der Waals surface area contributed by atoms with Gasteiger partial charge in [-0.3, -0.25) is 4.79 Å². The Morgan fingerprint density at radius 3 is 2.74 bits per heavy atom. The lowest BCUT2D eigenvalue weighted by atomic mass is 10.2. The normalized spacial score (nSPS) is 12.2. The average Bonchev–Trinajstić information content (AvgIpc) is 2.74. The Balaban J connectivity index is 2.12. The van der Waals surface area contributed by atoms with Gasteiger partial charge in [0.1, 0.15) is 17.0 Å². The Kier molecular flexibility index (Phi) is 3.85. The first-order valence-electron chi connectivity index (χ1n) is 5.83. The molecule has 2 heterocycles. The van der Waals surface area contributed by atoms with Crippen molar-refractivity contribution in [2.45, 2.75) is 26.8 Å². The zero-order valence-electron chi connectivity index (χ0n) is 10.9. The van der Waals surface area contributed by atoms with E-state index in [4.69, 9.17) is 16.0 Å². The van der Waals surface area contributed by atoms with E-state index < -0.39 is 0 Å². The van der Waals surface area contributed by atoms with Crippen molar-refractivity contribution < 1.29 is 9.21 Å². The number of nitrogens with one attached hydrogen (secondary N) is 1. The summed E-state index contributed by atoms with van der Waals surface area (Å²) in [5.74, 6) is 0.942. The topological polar surface area (TPSA) is 68.0 Å². The van der Waals surface area contributed by atoms with Crippen LogP contribution in [0.4, 0.5) is 0 Å². The average molecular weight is 280 g/mol. The molecule has 0 saturated carbocycles. The van der Waals surface area contributed by atoms with Crippen LogP contribution in [0.15, 0.2) is 22.7 Å². The first kappa shape index (κ1) is 13.5. The molecule has 0 radical (unpaired) electrons. The van der Waals surface area contributed by atoms with Gasteiger partial charge in [-0.1, -0.05) is 11.6 Å². The van der Waals surface area contributed by atoms with Gasteiger partial charge in [-0.2, -0.15) is 0 Å². The summed E-state index contributed by atoms with van der Waals surface area (Å²) in [5.41, 5.74) is 1.16. The molecule has 100 valence electrons. The summed E-state index contributed by atoms with van der Waals surface area (Å²) >= 11 is 5.83. The van der Waals surface area contributed by atoms with Crippen LogP contribution < -0.4 is 5.32 Å². The molecule has 0 spiro atoms. The number of amides is 1. The highest BCUT2D eigenvalue weighted by molar-refractivity contribution is 6.29. The van der Waals surface area contributed by atoms with E-state index in [1.165, 1.54) is 6.07 Å². The van der Waals surface area contributed by atoms with E-state index in [2.05, 4.69) is 15.3 Å². The highest BCUT2D eigenvalue weighted by Gasteiger charge is 2.16. The Bertz CT molecular complexity index is 589. The standard InChI is InChI=1S/C13H14ClN3O2/c1-7-4-10(5-11(14)16-7)12(18)17-9(3)13-15-6-8(2)19-13/h4-6,9H,1-3H3,(H,17,18). The lowest BCUT2D eigenvalue weighted by Crippen LogP contribution is -2.27. The molecule has 2 aromatic rings. The molecule has 1 atom stereocenters. The van der Waals surface area contributed by atoms with Gasteiger partial charge in [0.15, 0.2) is 0 Å². The number of hydrogen-bond acceptors (Lipinski definition) is 4. The van der Waals surface area contributed by atoms with Gasteiger partial charge >= 0.3 is 0 Å². The minimum absolute atomic E-state index is 0.240. The predicted octanol–water partition coefficient (Wildman–Crippen LogP) is 2.83.